The second-order valence-corrected chi connectivity index (χ2v) is 10.2. The highest BCUT2D eigenvalue weighted by atomic mass is 32.2. The Hall–Kier alpha value is -4.50. The van der Waals surface area contributed by atoms with Crippen molar-refractivity contribution >= 4 is 27.3 Å². The molecule has 8 nitrogen and oxygen atoms in total. The minimum Gasteiger partial charge on any atom is -0.497 e. The number of carbonyl (C=O) groups is 1. The summed E-state index contributed by atoms with van der Waals surface area (Å²) in [4.78, 5) is 13.2. The van der Waals surface area contributed by atoms with Crippen LogP contribution in [0, 0.1) is 6.92 Å². The summed E-state index contributed by atoms with van der Waals surface area (Å²) in [7, 11) is -1.29. The lowest BCUT2D eigenvalue weighted by molar-refractivity contribution is -0.114. The number of hydrogen-bond donors (Lipinski definition) is 1. The van der Waals surface area contributed by atoms with Gasteiger partial charge in [0, 0.05) is 0 Å². The minimum absolute atomic E-state index is 0.0450. The molecule has 4 rings (SSSR count). The van der Waals surface area contributed by atoms with Crippen molar-refractivity contribution in [1.82, 2.24) is 0 Å². The fraction of sp³-hybridized carbons (Fsp3) is 0.138. The fourth-order valence-corrected chi connectivity index (χ4v) is 5.43. The van der Waals surface area contributed by atoms with Gasteiger partial charge >= 0.3 is 0 Å². The van der Waals surface area contributed by atoms with E-state index >= 15 is 0 Å². The minimum atomic E-state index is -4.21. The van der Waals surface area contributed by atoms with Crippen molar-refractivity contribution in [3.05, 3.63) is 103 Å². The van der Waals surface area contributed by atoms with Crippen LogP contribution in [0.2, 0.25) is 0 Å². The van der Waals surface area contributed by atoms with Gasteiger partial charge in [0.05, 0.1) is 25.6 Å². The largest absolute Gasteiger partial charge is 0.497 e. The number of amides is 1. The quantitative estimate of drug-likeness (QED) is 0.284. The number of rotatable bonds is 10. The average molecular weight is 533 g/mol. The first-order chi connectivity index (χ1) is 18.3. The van der Waals surface area contributed by atoms with Crippen LogP contribution in [0.5, 0.6) is 23.0 Å². The highest BCUT2D eigenvalue weighted by Gasteiger charge is 2.30. The molecular formula is C29H28N2O6S. The number of nitrogens with one attached hydrogen (secondary N) is 1. The van der Waals surface area contributed by atoms with Crippen molar-refractivity contribution in [1.29, 1.82) is 0 Å². The molecule has 0 atom stereocenters. The molecule has 0 radical (unpaired) electrons. The van der Waals surface area contributed by atoms with Gasteiger partial charge in [-0.05, 0) is 73.2 Å². The number of hydrogen-bond acceptors (Lipinski definition) is 6. The van der Waals surface area contributed by atoms with Gasteiger partial charge in [-0.3, -0.25) is 9.10 Å². The topological polar surface area (TPSA) is 94.2 Å². The second-order valence-electron chi connectivity index (χ2n) is 8.32. The number of methoxy groups -OCH3 is 2. The van der Waals surface area contributed by atoms with E-state index in [9.17, 15) is 13.2 Å². The molecule has 0 saturated heterocycles. The number of ether oxygens (including phenoxy) is 3. The normalized spacial score (nSPS) is 10.9. The smallest absolute Gasteiger partial charge is 0.268 e. The zero-order valence-electron chi connectivity index (χ0n) is 21.2. The van der Waals surface area contributed by atoms with E-state index in [-0.39, 0.29) is 10.6 Å². The van der Waals surface area contributed by atoms with Crippen molar-refractivity contribution in [3.8, 4) is 23.0 Å². The molecule has 0 aromatic heterocycles. The standard InChI is InChI=1S/C29H28N2O6S/c1-21-13-18-27(36-3)28(19-21)38(33,34)31(22-14-16-23(35-2)17-15-22)20-29(32)30-25-11-7-8-12-26(25)37-24-9-5-4-6-10-24/h4-19H,20H2,1-3H3,(H,30,32). The Balaban J connectivity index is 1.67. The van der Waals surface area contributed by atoms with Gasteiger partial charge < -0.3 is 19.5 Å². The summed E-state index contributed by atoms with van der Waals surface area (Å²) < 4.78 is 45.4. The zero-order valence-corrected chi connectivity index (χ0v) is 22.1. The van der Waals surface area contributed by atoms with E-state index in [1.165, 1.54) is 20.3 Å². The molecule has 1 N–H and O–H groups in total. The first-order valence-corrected chi connectivity index (χ1v) is 13.2. The molecule has 4 aromatic carbocycles. The molecule has 0 spiro atoms. The molecule has 0 aliphatic heterocycles. The summed E-state index contributed by atoms with van der Waals surface area (Å²) in [6, 6.07) is 27.4. The first-order valence-electron chi connectivity index (χ1n) is 11.7. The highest BCUT2D eigenvalue weighted by Crippen LogP contribution is 2.33. The summed E-state index contributed by atoms with van der Waals surface area (Å²) in [6.07, 6.45) is 0. The number of nitrogens with zero attached hydrogens (tertiary/aromatic N) is 1. The van der Waals surface area contributed by atoms with Crippen molar-refractivity contribution < 1.29 is 27.4 Å². The Bertz CT molecular complexity index is 1510. The third kappa shape index (κ3) is 6.07. The maximum Gasteiger partial charge on any atom is 0.268 e. The molecule has 4 aromatic rings. The molecule has 0 fully saturated rings. The summed E-state index contributed by atoms with van der Waals surface area (Å²) >= 11 is 0. The lowest BCUT2D eigenvalue weighted by Gasteiger charge is -2.25. The Morgan fingerprint density at radius 2 is 1.47 bits per heavy atom. The monoisotopic (exact) mass is 532 g/mol. The van der Waals surface area contributed by atoms with Crippen LogP contribution in [0.15, 0.2) is 102 Å². The Labute approximate surface area is 222 Å². The number of carbonyl (C=O) groups excluding carboxylic acids is 1. The predicted molar refractivity (Wildman–Crippen MR) is 147 cm³/mol. The Morgan fingerprint density at radius 3 is 2.16 bits per heavy atom. The molecule has 196 valence electrons. The lowest BCUT2D eigenvalue weighted by atomic mass is 10.2. The number of sulfonamides is 1. The molecule has 0 bridgehead atoms. The van der Waals surface area contributed by atoms with Crippen LogP contribution in [0.1, 0.15) is 5.56 Å². The number of para-hydroxylation sites is 3. The number of aryl methyl sites for hydroxylation is 1. The van der Waals surface area contributed by atoms with Gasteiger partial charge in [-0.2, -0.15) is 0 Å². The van der Waals surface area contributed by atoms with E-state index in [4.69, 9.17) is 14.2 Å². The average Bonchev–Trinajstić information content (AvgIpc) is 2.93. The van der Waals surface area contributed by atoms with Crippen molar-refractivity contribution in [2.75, 3.05) is 30.4 Å². The van der Waals surface area contributed by atoms with Crippen LogP contribution in [0.25, 0.3) is 0 Å². The second kappa shape index (κ2) is 11.7. The SMILES string of the molecule is COc1ccc(N(CC(=O)Nc2ccccc2Oc2ccccc2)S(=O)(=O)c2cc(C)ccc2OC)cc1. The molecule has 38 heavy (non-hydrogen) atoms. The number of anilines is 2. The van der Waals surface area contributed by atoms with Gasteiger partial charge in [-0.15, -0.1) is 0 Å². The number of benzene rings is 4. The van der Waals surface area contributed by atoms with Crippen molar-refractivity contribution in [2.45, 2.75) is 11.8 Å². The molecule has 1 amide bonds. The van der Waals surface area contributed by atoms with Crippen LogP contribution in [-0.2, 0) is 14.8 Å². The Kier molecular flexibility index (Phi) is 8.18. The Morgan fingerprint density at radius 1 is 0.789 bits per heavy atom. The molecule has 0 heterocycles. The molecule has 0 aliphatic rings. The van der Waals surface area contributed by atoms with Crippen LogP contribution in [0.4, 0.5) is 11.4 Å². The van der Waals surface area contributed by atoms with E-state index in [1.54, 1.807) is 79.7 Å². The highest BCUT2D eigenvalue weighted by molar-refractivity contribution is 7.93. The molecule has 0 saturated carbocycles. The zero-order chi connectivity index (χ0) is 27.1. The third-order valence-electron chi connectivity index (χ3n) is 5.67. The molecule has 0 aliphatic carbocycles. The summed E-state index contributed by atoms with van der Waals surface area (Å²) in [5, 5.41) is 2.79. The lowest BCUT2D eigenvalue weighted by Crippen LogP contribution is -2.38. The van der Waals surface area contributed by atoms with E-state index in [1.807, 2.05) is 18.2 Å². The summed E-state index contributed by atoms with van der Waals surface area (Å²) in [6.45, 7) is 1.29. The molecule has 0 unspecified atom stereocenters. The van der Waals surface area contributed by atoms with Crippen LogP contribution >= 0.6 is 0 Å². The third-order valence-corrected chi connectivity index (χ3v) is 7.46. The first kappa shape index (κ1) is 26.6. The van der Waals surface area contributed by atoms with Crippen LogP contribution in [0.3, 0.4) is 0 Å². The predicted octanol–water partition coefficient (Wildman–Crippen LogP) is 5.64. The molecule has 9 heteroatoms. The van der Waals surface area contributed by atoms with Gasteiger partial charge in [-0.25, -0.2) is 8.42 Å². The maximum atomic E-state index is 13.9. The van der Waals surface area contributed by atoms with Crippen LogP contribution in [-0.4, -0.2) is 35.1 Å². The fourth-order valence-electron chi connectivity index (χ4n) is 3.76. The van der Waals surface area contributed by atoms with Crippen LogP contribution < -0.4 is 23.8 Å². The summed E-state index contributed by atoms with van der Waals surface area (Å²) in [5.74, 6) is 1.20. The van der Waals surface area contributed by atoms with E-state index in [0.29, 0.717) is 28.6 Å². The van der Waals surface area contributed by atoms with Crippen molar-refractivity contribution in [3.63, 3.8) is 0 Å². The maximum absolute atomic E-state index is 13.9. The van der Waals surface area contributed by atoms with Gasteiger partial charge in [0.2, 0.25) is 5.91 Å². The van der Waals surface area contributed by atoms with Gasteiger partial charge in [0.15, 0.2) is 5.75 Å². The van der Waals surface area contributed by atoms with Gasteiger partial charge in [0.25, 0.3) is 10.0 Å². The van der Waals surface area contributed by atoms with Crippen molar-refractivity contribution in [2.24, 2.45) is 0 Å². The van der Waals surface area contributed by atoms with E-state index in [0.717, 1.165) is 9.87 Å². The van der Waals surface area contributed by atoms with E-state index < -0.39 is 22.5 Å². The van der Waals surface area contributed by atoms with E-state index in [2.05, 4.69) is 5.32 Å². The van der Waals surface area contributed by atoms with Gasteiger partial charge in [-0.1, -0.05) is 36.4 Å². The molecular weight excluding hydrogens is 504 g/mol. The van der Waals surface area contributed by atoms with Gasteiger partial charge in [0.1, 0.15) is 28.7 Å². The summed E-state index contributed by atoms with van der Waals surface area (Å²) in [5.41, 5.74) is 1.43.